The molecule has 0 radical (unpaired) electrons. The molecule has 1 atom stereocenters. The van der Waals surface area contributed by atoms with Gasteiger partial charge in [-0.05, 0) is 73.7 Å². The third kappa shape index (κ3) is 3.37. The van der Waals surface area contributed by atoms with E-state index in [1.54, 1.807) is 0 Å². The zero-order valence-corrected chi connectivity index (χ0v) is 16.1. The molecule has 1 saturated heterocycles. The van der Waals surface area contributed by atoms with E-state index in [2.05, 4.69) is 48.0 Å². The van der Waals surface area contributed by atoms with Crippen molar-refractivity contribution in [1.29, 1.82) is 0 Å². The summed E-state index contributed by atoms with van der Waals surface area (Å²) in [6.07, 6.45) is 5.66. The molecule has 0 spiro atoms. The molecular weight excluding hydrogens is 334 g/mol. The van der Waals surface area contributed by atoms with E-state index in [9.17, 15) is 4.79 Å². The number of carbonyl (C=O) groups is 1. The van der Waals surface area contributed by atoms with Gasteiger partial charge >= 0.3 is 0 Å². The molecule has 2 heterocycles. The minimum absolute atomic E-state index is 0.368. The Kier molecular flexibility index (Phi) is 4.75. The van der Waals surface area contributed by atoms with Gasteiger partial charge in [0.15, 0.2) is 0 Å². The minimum atomic E-state index is -0.368. The Morgan fingerprint density at radius 3 is 2.67 bits per heavy atom. The van der Waals surface area contributed by atoms with Crippen molar-refractivity contribution in [3.05, 3.63) is 70.4 Å². The van der Waals surface area contributed by atoms with Gasteiger partial charge in [-0.15, -0.1) is 0 Å². The zero-order valence-electron chi connectivity index (χ0n) is 16.1. The highest BCUT2D eigenvalue weighted by molar-refractivity contribution is 5.92. The number of hydrogen-bond donors (Lipinski definition) is 2. The fourth-order valence-electron chi connectivity index (χ4n) is 4.48. The molecule has 3 N–H and O–H groups in total. The van der Waals surface area contributed by atoms with Crippen LogP contribution in [0.25, 0.3) is 10.9 Å². The van der Waals surface area contributed by atoms with Crippen molar-refractivity contribution in [2.24, 2.45) is 5.73 Å². The lowest BCUT2D eigenvalue weighted by Gasteiger charge is -2.36. The van der Waals surface area contributed by atoms with Crippen LogP contribution in [0.3, 0.4) is 0 Å². The lowest BCUT2D eigenvalue weighted by Crippen LogP contribution is -2.33. The molecule has 0 aliphatic carbocycles. The summed E-state index contributed by atoms with van der Waals surface area (Å²) in [6, 6.07) is 12.7. The number of H-pyrrole nitrogens is 1. The van der Waals surface area contributed by atoms with Gasteiger partial charge in [-0.25, -0.2) is 0 Å². The highest BCUT2D eigenvalue weighted by atomic mass is 16.1. The number of rotatable bonds is 4. The van der Waals surface area contributed by atoms with E-state index in [-0.39, 0.29) is 5.91 Å². The molecule has 4 rings (SSSR count). The summed E-state index contributed by atoms with van der Waals surface area (Å²) in [5, 5.41) is 1.33. The lowest BCUT2D eigenvalue weighted by molar-refractivity contribution is 0.1000. The third-order valence-electron chi connectivity index (χ3n) is 5.93. The second-order valence-corrected chi connectivity index (χ2v) is 7.72. The Balaban J connectivity index is 1.66. The van der Waals surface area contributed by atoms with Crippen LogP contribution in [0.1, 0.15) is 57.9 Å². The monoisotopic (exact) mass is 361 g/mol. The first-order chi connectivity index (χ1) is 13.0. The number of primary amides is 1. The van der Waals surface area contributed by atoms with Crippen molar-refractivity contribution in [1.82, 2.24) is 9.88 Å². The molecule has 3 aromatic rings. The SMILES string of the molecule is Cc1cc(C)c2[nH]ccc2c1CN1CCCCC1c1ccc(C(N)=O)cc1. The molecule has 1 fully saturated rings. The number of aromatic amines is 1. The average Bonchev–Trinajstić information content (AvgIpc) is 3.16. The summed E-state index contributed by atoms with van der Waals surface area (Å²) < 4.78 is 0. The van der Waals surface area contributed by atoms with Gasteiger partial charge in [0.1, 0.15) is 0 Å². The number of nitrogens with zero attached hydrogens (tertiary/aromatic N) is 1. The van der Waals surface area contributed by atoms with Crippen LogP contribution in [-0.4, -0.2) is 22.3 Å². The molecule has 2 aromatic carbocycles. The molecule has 140 valence electrons. The third-order valence-corrected chi connectivity index (χ3v) is 5.93. The van der Waals surface area contributed by atoms with Crippen molar-refractivity contribution in [2.45, 2.75) is 45.7 Å². The fraction of sp³-hybridized carbons (Fsp3) is 0.348. The normalized spacial score (nSPS) is 18.1. The van der Waals surface area contributed by atoms with Gasteiger partial charge in [-0.1, -0.05) is 24.6 Å². The number of nitrogens with one attached hydrogen (secondary N) is 1. The summed E-state index contributed by atoms with van der Waals surface area (Å²) >= 11 is 0. The predicted molar refractivity (Wildman–Crippen MR) is 110 cm³/mol. The number of fused-ring (bicyclic) bond motifs is 1. The van der Waals surface area contributed by atoms with Crippen LogP contribution in [0.5, 0.6) is 0 Å². The molecule has 4 heteroatoms. The lowest BCUT2D eigenvalue weighted by atomic mass is 9.92. The summed E-state index contributed by atoms with van der Waals surface area (Å²) in [5.41, 5.74) is 12.6. The summed E-state index contributed by atoms with van der Waals surface area (Å²) in [7, 11) is 0. The first kappa shape index (κ1) is 17.8. The molecule has 27 heavy (non-hydrogen) atoms. The van der Waals surface area contributed by atoms with E-state index >= 15 is 0 Å². The number of aromatic nitrogens is 1. The van der Waals surface area contributed by atoms with E-state index < -0.39 is 0 Å². The number of benzene rings is 2. The Labute approximate surface area is 160 Å². The Morgan fingerprint density at radius 2 is 1.93 bits per heavy atom. The predicted octanol–water partition coefficient (Wildman–Crippen LogP) is 4.61. The average molecular weight is 361 g/mol. The molecule has 1 aliphatic rings. The topological polar surface area (TPSA) is 62.1 Å². The van der Waals surface area contributed by atoms with Crippen LogP contribution in [0.15, 0.2) is 42.6 Å². The van der Waals surface area contributed by atoms with Crippen molar-refractivity contribution in [3.63, 3.8) is 0 Å². The summed E-state index contributed by atoms with van der Waals surface area (Å²) in [4.78, 5) is 17.3. The van der Waals surface area contributed by atoms with Crippen LogP contribution in [0.4, 0.5) is 0 Å². The summed E-state index contributed by atoms with van der Waals surface area (Å²) in [5.74, 6) is -0.368. The second-order valence-electron chi connectivity index (χ2n) is 7.72. The van der Waals surface area contributed by atoms with Crippen molar-refractivity contribution >= 4 is 16.8 Å². The van der Waals surface area contributed by atoms with E-state index in [1.165, 1.54) is 46.0 Å². The van der Waals surface area contributed by atoms with Crippen molar-refractivity contribution in [3.8, 4) is 0 Å². The smallest absolute Gasteiger partial charge is 0.248 e. The van der Waals surface area contributed by atoms with Crippen LogP contribution < -0.4 is 5.73 Å². The van der Waals surface area contributed by atoms with E-state index in [4.69, 9.17) is 5.73 Å². The maximum atomic E-state index is 11.4. The van der Waals surface area contributed by atoms with Gasteiger partial charge in [0.25, 0.3) is 0 Å². The number of nitrogens with two attached hydrogens (primary N) is 1. The van der Waals surface area contributed by atoms with Crippen LogP contribution in [-0.2, 0) is 6.54 Å². The van der Waals surface area contributed by atoms with Gasteiger partial charge in [-0.3, -0.25) is 9.69 Å². The van der Waals surface area contributed by atoms with Gasteiger partial charge in [-0.2, -0.15) is 0 Å². The highest BCUT2D eigenvalue weighted by Crippen LogP contribution is 2.34. The molecule has 4 nitrogen and oxygen atoms in total. The number of amides is 1. The van der Waals surface area contributed by atoms with Crippen molar-refractivity contribution in [2.75, 3.05) is 6.54 Å². The molecule has 1 aromatic heterocycles. The van der Waals surface area contributed by atoms with Gasteiger partial charge in [0.2, 0.25) is 5.91 Å². The van der Waals surface area contributed by atoms with Gasteiger partial charge in [0.05, 0.1) is 0 Å². The van der Waals surface area contributed by atoms with Crippen LogP contribution in [0.2, 0.25) is 0 Å². The maximum Gasteiger partial charge on any atom is 0.248 e. The molecule has 1 amide bonds. The Hall–Kier alpha value is -2.59. The first-order valence-electron chi connectivity index (χ1n) is 9.74. The first-order valence-corrected chi connectivity index (χ1v) is 9.74. The number of hydrogen-bond acceptors (Lipinski definition) is 2. The number of piperidine rings is 1. The van der Waals surface area contributed by atoms with E-state index in [1.807, 2.05) is 18.3 Å². The minimum Gasteiger partial charge on any atom is -0.366 e. The molecular formula is C23H27N3O. The standard InChI is InChI=1S/C23H27N3O/c1-15-13-16(2)22-19(10-11-25-22)20(15)14-26-12-4-3-5-21(26)17-6-8-18(9-7-17)23(24)27/h6-11,13,21,25H,3-5,12,14H2,1-2H3,(H2,24,27). The fourth-order valence-corrected chi connectivity index (χ4v) is 4.48. The molecule has 0 saturated carbocycles. The van der Waals surface area contributed by atoms with E-state index in [0.29, 0.717) is 11.6 Å². The molecule has 1 aliphatic heterocycles. The molecule has 1 unspecified atom stereocenters. The number of aryl methyl sites for hydroxylation is 2. The maximum absolute atomic E-state index is 11.4. The number of likely N-dealkylation sites (tertiary alicyclic amines) is 1. The van der Waals surface area contributed by atoms with Gasteiger partial charge in [0, 0.05) is 35.2 Å². The Morgan fingerprint density at radius 1 is 1.15 bits per heavy atom. The molecule has 0 bridgehead atoms. The Bertz CT molecular complexity index is 971. The van der Waals surface area contributed by atoms with Crippen LogP contribution in [0, 0.1) is 13.8 Å². The second kappa shape index (κ2) is 7.20. The zero-order chi connectivity index (χ0) is 19.0. The van der Waals surface area contributed by atoms with Gasteiger partial charge < -0.3 is 10.7 Å². The van der Waals surface area contributed by atoms with E-state index in [0.717, 1.165) is 19.5 Å². The highest BCUT2D eigenvalue weighted by Gasteiger charge is 2.25. The quantitative estimate of drug-likeness (QED) is 0.713. The number of carbonyl (C=O) groups excluding carboxylic acids is 1. The largest absolute Gasteiger partial charge is 0.366 e. The summed E-state index contributed by atoms with van der Waals surface area (Å²) in [6.45, 7) is 6.43. The van der Waals surface area contributed by atoms with Crippen molar-refractivity contribution < 1.29 is 4.79 Å². The van der Waals surface area contributed by atoms with Crippen LogP contribution >= 0.6 is 0 Å².